The van der Waals surface area contributed by atoms with Crippen LogP contribution in [-0.2, 0) is 0 Å². The first-order chi connectivity index (χ1) is 6.75. The Balaban J connectivity index is 2.05. The van der Waals surface area contributed by atoms with Crippen molar-refractivity contribution >= 4 is 11.6 Å². The minimum atomic E-state index is -0.435. The fraction of sp³-hybridized carbons (Fsp3) is 0.400. The number of benzene rings is 1. The van der Waals surface area contributed by atoms with E-state index in [1.54, 1.807) is 6.07 Å². The normalized spacial score (nSPS) is 21.1. The van der Waals surface area contributed by atoms with Crippen molar-refractivity contribution < 1.29 is 9.13 Å². The van der Waals surface area contributed by atoms with Gasteiger partial charge in [0.25, 0.3) is 0 Å². The van der Waals surface area contributed by atoms with E-state index in [1.165, 1.54) is 12.1 Å². The Kier molecular flexibility index (Phi) is 2.89. The molecule has 1 aliphatic heterocycles. The van der Waals surface area contributed by atoms with E-state index in [-0.39, 0.29) is 11.1 Å². The number of hydrogen-bond donors (Lipinski definition) is 1. The third-order valence-electron chi connectivity index (χ3n) is 2.21. The number of halogens is 2. The Hall–Kier alpha value is -0.800. The SMILES string of the molecule is Fc1cc(O[C@H]2CCNC2)ccc1Cl. The van der Waals surface area contributed by atoms with Gasteiger partial charge in [0.05, 0.1) is 5.02 Å². The van der Waals surface area contributed by atoms with Gasteiger partial charge in [0, 0.05) is 12.6 Å². The van der Waals surface area contributed by atoms with E-state index in [4.69, 9.17) is 16.3 Å². The highest BCUT2D eigenvalue weighted by Gasteiger charge is 2.16. The molecule has 0 aromatic heterocycles. The summed E-state index contributed by atoms with van der Waals surface area (Å²) in [5.74, 6) is 0.107. The summed E-state index contributed by atoms with van der Waals surface area (Å²) in [4.78, 5) is 0. The maximum absolute atomic E-state index is 13.0. The molecule has 1 atom stereocenters. The summed E-state index contributed by atoms with van der Waals surface area (Å²) in [5, 5.41) is 3.30. The van der Waals surface area contributed by atoms with Gasteiger partial charge in [0.15, 0.2) is 0 Å². The summed E-state index contributed by atoms with van der Waals surface area (Å²) >= 11 is 5.55. The zero-order valence-corrected chi connectivity index (χ0v) is 8.35. The standard InChI is InChI=1S/C10H11ClFNO/c11-9-2-1-7(5-10(9)12)14-8-3-4-13-6-8/h1-2,5,8,13H,3-4,6H2/t8-/m0/s1. The van der Waals surface area contributed by atoms with Crippen LogP contribution < -0.4 is 10.1 Å². The summed E-state index contributed by atoms with van der Waals surface area (Å²) < 4.78 is 18.6. The minimum Gasteiger partial charge on any atom is -0.489 e. The fourth-order valence-corrected chi connectivity index (χ4v) is 1.59. The van der Waals surface area contributed by atoms with Crippen LogP contribution in [0.5, 0.6) is 5.75 Å². The third kappa shape index (κ3) is 2.16. The highest BCUT2D eigenvalue weighted by molar-refractivity contribution is 6.30. The molecule has 1 aliphatic rings. The Labute approximate surface area is 87.0 Å². The van der Waals surface area contributed by atoms with Gasteiger partial charge in [0.1, 0.15) is 17.7 Å². The predicted molar refractivity (Wildman–Crippen MR) is 53.3 cm³/mol. The van der Waals surface area contributed by atoms with E-state index in [9.17, 15) is 4.39 Å². The Bertz CT molecular complexity index is 326. The number of rotatable bonds is 2. The van der Waals surface area contributed by atoms with Gasteiger partial charge >= 0.3 is 0 Å². The van der Waals surface area contributed by atoms with Crippen LogP contribution >= 0.6 is 11.6 Å². The van der Waals surface area contributed by atoms with Crippen LogP contribution in [0.1, 0.15) is 6.42 Å². The fourth-order valence-electron chi connectivity index (χ4n) is 1.47. The van der Waals surface area contributed by atoms with E-state index in [1.807, 2.05) is 0 Å². The molecular formula is C10H11ClFNO. The monoisotopic (exact) mass is 215 g/mol. The summed E-state index contributed by atoms with van der Waals surface area (Å²) in [6.07, 6.45) is 1.11. The van der Waals surface area contributed by atoms with Crippen LogP contribution in [0.3, 0.4) is 0 Å². The van der Waals surface area contributed by atoms with E-state index in [0.29, 0.717) is 5.75 Å². The maximum Gasteiger partial charge on any atom is 0.145 e. The zero-order valence-electron chi connectivity index (χ0n) is 7.59. The molecule has 1 fully saturated rings. The second-order valence-electron chi connectivity index (χ2n) is 3.31. The first kappa shape index (κ1) is 9.74. The van der Waals surface area contributed by atoms with Gasteiger partial charge in [-0.1, -0.05) is 11.6 Å². The van der Waals surface area contributed by atoms with E-state index >= 15 is 0 Å². The van der Waals surface area contributed by atoms with Crippen LogP contribution in [0.4, 0.5) is 4.39 Å². The van der Waals surface area contributed by atoms with Crippen molar-refractivity contribution in [3.05, 3.63) is 29.0 Å². The molecule has 0 aliphatic carbocycles. The average Bonchev–Trinajstić information content (AvgIpc) is 2.64. The molecule has 0 saturated carbocycles. The van der Waals surface area contributed by atoms with Crippen molar-refractivity contribution in [3.63, 3.8) is 0 Å². The number of ether oxygens (including phenoxy) is 1. The number of nitrogens with one attached hydrogen (secondary N) is 1. The molecule has 2 nitrogen and oxygen atoms in total. The summed E-state index contributed by atoms with van der Waals surface area (Å²) in [6.45, 7) is 1.78. The molecule has 0 amide bonds. The van der Waals surface area contributed by atoms with Gasteiger partial charge in [-0.2, -0.15) is 0 Å². The highest BCUT2D eigenvalue weighted by atomic mass is 35.5. The zero-order chi connectivity index (χ0) is 9.97. The third-order valence-corrected chi connectivity index (χ3v) is 2.52. The Morgan fingerprint density at radius 3 is 3.00 bits per heavy atom. The van der Waals surface area contributed by atoms with Crippen LogP contribution in [0.25, 0.3) is 0 Å². The Morgan fingerprint density at radius 1 is 1.50 bits per heavy atom. The Morgan fingerprint density at radius 2 is 2.36 bits per heavy atom. The van der Waals surface area contributed by atoms with E-state index in [2.05, 4.69) is 5.32 Å². The van der Waals surface area contributed by atoms with Crippen LogP contribution in [0.15, 0.2) is 18.2 Å². The second kappa shape index (κ2) is 4.15. The van der Waals surface area contributed by atoms with Crippen molar-refractivity contribution in [1.82, 2.24) is 5.32 Å². The molecular weight excluding hydrogens is 205 g/mol. The smallest absolute Gasteiger partial charge is 0.145 e. The lowest BCUT2D eigenvalue weighted by atomic mass is 10.3. The van der Waals surface area contributed by atoms with Gasteiger partial charge in [-0.05, 0) is 25.1 Å². The molecule has 14 heavy (non-hydrogen) atoms. The predicted octanol–water partition coefficient (Wildman–Crippen LogP) is 2.22. The second-order valence-corrected chi connectivity index (χ2v) is 3.72. The van der Waals surface area contributed by atoms with Crippen molar-refractivity contribution in [1.29, 1.82) is 0 Å². The molecule has 1 aromatic carbocycles. The molecule has 0 bridgehead atoms. The maximum atomic E-state index is 13.0. The van der Waals surface area contributed by atoms with Gasteiger partial charge in [-0.3, -0.25) is 0 Å². The van der Waals surface area contributed by atoms with E-state index in [0.717, 1.165) is 19.5 Å². The molecule has 0 unspecified atom stereocenters. The van der Waals surface area contributed by atoms with E-state index < -0.39 is 5.82 Å². The lowest BCUT2D eigenvalue weighted by molar-refractivity contribution is 0.222. The van der Waals surface area contributed by atoms with Gasteiger partial charge < -0.3 is 10.1 Å². The molecule has 1 saturated heterocycles. The van der Waals surface area contributed by atoms with Gasteiger partial charge in [-0.25, -0.2) is 4.39 Å². The lowest BCUT2D eigenvalue weighted by Crippen LogP contribution is -2.19. The molecule has 1 heterocycles. The van der Waals surface area contributed by atoms with Crippen molar-refractivity contribution in [3.8, 4) is 5.75 Å². The molecule has 1 N–H and O–H groups in total. The first-order valence-corrected chi connectivity index (χ1v) is 4.96. The minimum absolute atomic E-state index is 0.127. The topological polar surface area (TPSA) is 21.3 Å². The molecule has 1 aromatic rings. The first-order valence-electron chi connectivity index (χ1n) is 4.58. The molecule has 0 radical (unpaired) electrons. The summed E-state index contributed by atoms with van der Waals surface area (Å²) in [5.41, 5.74) is 0. The average molecular weight is 216 g/mol. The van der Waals surface area contributed by atoms with Crippen molar-refractivity contribution in [2.45, 2.75) is 12.5 Å². The van der Waals surface area contributed by atoms with Crippen LogP contribution in [-0.4, -0.2) is 19.2 Å². The number of hydrogen-bond acceptors (Lipinski definition) is 2. The van der Waals surface area contributed by atoms with Crippen LogP contribution in [0.2, 0.25) is 5.02 Å². The highest BCUT2D eigenvalue weighted by Crippen LogP contribution is 2.22. The lowest BCUT2D eigenvalue weighted by Gasteiger charge is -2.12. The summed E-state index contributed by atoms with van der Waals surface area (Å²) in [6, 6.07) is 4.51. The quantitative estimate of drug-likeness (QED) is 0.817. The largest absolute Gasteiger partial charge is 0.489 e. The summed E-state index contributed by atoms with van der Waals surface area (Å²) in [7, 11) is 0. The molecule has 76 valence electrons. The molecule has 4 heteroatoms. The van der Waals surface area contributed by atoms with Gasteiger partial charge in [0.2, 0.25) is 0 Å². The van der Waals surface area contributed by atoms with Crippen molar-refractivity contribution in [2.75, 3.05) is 13.1 Å². The van der Waals surface area contributed by atoms with Crippen molar-refractivity contribution in [2.24, 2.45) is 0 Å². The molecule has 0 spiro atoms. The van der Waals surface area contributed by atoms with Crippen LogP contribution in [0, 0.1) is 5.82 Å². The van der Waals surface area contributed by atoms with Gasteiger partial charge in [-0.15, -0.1) is 0 Å². The molecule has 2 rings (SSSR count).